The Kier molecular flexibility index (Phi) is 8.85. The lowest BCUT2D eigenvalue weighted by molar-refractivity contribution is -0.00541. The molecule has 1 aliphatic heterocycles. The summed E-state index contributed by atoms with van der Waals surface area (Å²) in [5.74, 6) is 2.67. The third-order valence-electron chi connectivity index (χ3n) is 7.83. The minimum atomic E-state index is -0.224. The molecule has 7 heteroatoms. The lowest BCUT2D eigenvalue weighted by Crippen LogP contribution is -2.45. The third kappa shape index (κ3) is 6.94. The second-order valence-corrected chi connectivity index (χ2v) is 12.1. The van der Waals surface area contributed by atoms with E-state index in [4.69, 9.17) is 18.9 Å². The second kappa shape index (κ2) is 12.6. The monoisotopic (exact) mass is 574 g/mol. The van der Waals surface area contributed by atoms with Crippen LogP contribution in [0.3, 0.4) is 0 Å². The number of likely N-dealkylation sites (tertiary alicyclic amines) is 1. The van der Waals surface area contributed by atoms with Gasteiger partial charge in [0.1, 0.15) is 11.4 Å². The van der Waals surface area contributed by atoms with Gasteiger partial charge >= 0.3 is 0 Å². The molecule has 42 heavy (non-hydrogen) atoms. The molecule has 5 rings (SSSR count). The van der Waals surface area contributed by atoms with Crippen molar-refractivity contribution in [2.24, 2.45) is 0 Å². The molecule has 0 unspecified atom stereocenters. The molecule has 0 aromatic heterocycles. The molecular formula is C35H43FN2O4. The molecule has 0 bridgehead atoms. The van der Waals surface area contributed by atoms with E-state index in [9.17, 15) is 4.39 Å². The number of methoxy groups -OCH3 is 3. The van der Waals surface area contributed by atoms with Crippen LogP contribution in [0.5, 0.6) is 17.2 Å². The summed E-state index contributed by atoms with van der Waals surface area (Å²) in [6.45, 7) is 8.92. The smallest absolute Gasteiger partial charge is 0.203 e. The van der Waals surface area contributed by atoms with E-state index in [-0.39, 0.29) is 11.4 Å². The average Bonchev–Trinajstić information content (AvgIpc) is 3.84. The van der Waals surface area contributed by atoms with E-state index in [0.29, 0.717) is 29.8 Å². The van der Waals surface area contributed by atoms with Gasteiger partial charge in [-0.1, -0.05) is 18.2 Å². The summed E-state index contributed by atoms with van der Waals surface area (Å²) in [4.78, 5) is 4.86. The van der Waals surface area contributed by atoms with Gasteiger partial charge in [0, 0.05) is 31.4 Å². The highest BCUT2D eigenvalue weighted by atomic mass is 19.1. The first-order valence-corrected chi connectivity index (χ1v) is 14.8. The second-order valence-electron chi connectivity index (χ2n) is 12.1. The fourth-order valence-corrected chi connectivity index (χ4v) is 5.66. The molecule has 2 aliphatic rings. The van der Waals surface area contributed by atoms with Crippen LogP contribution in [-0.2, 0) is 11.3 Å². The summed E-state index contributed by atoms with van der Waals surface area (Å²) >= 11 is 0. The normalized spacial score (nSPS) is 15.3. The lowest BCUT2D eigenvalue weighted by atomic mass is 9.99. The SMILES string of the molecule is COc1cc(-c2cccc(CN(c3ccc(F)cc3)C3CCN(C(OC(C)(C)C)=C4CC4)CC3)c2)cc(OC)c1OC. The van der Waals surface area contributed by atoms with Gasteiger partial charge in [-0.2, -0.15) is 0 Å². The lowest BCUT2D eigenvalue weighted by Gasteiger charge is -2.42. The van der Waals surface area contributed by atoms with Crippen LogP contribution in [0, 0.1) is 5.82 Å². The number of benzene rings is 3. The molecule has 1 saturated carbocycles. The van der Waals surface area contributed by atoms with Gasteiger partial charge in [-0.15, -0.1) is 0 Å². The average molecular weight is 575 g/mol. The first kappa shape index (κ1) is 29.6. The molecule has 6 nitrogen and oxygen atoms in total. The fraction of sp³-hybridized carbons (Fsp3) is 0.429. The van der Waals surface area contributed by atoms with Crippen molar-refractivity contribution in [2.45, 2.75) is 64.6 Å². The van der Waals surface area contributed by atoms with E-state index in [0.717, 1.165) is 61.5 Å². The van der Waals surface area contributed by atoms with E-state index in [1.807, 2.05) is 24.3 Å². The first-order chi connectivity index (χ1) is 20.2. The molecule has 1 aliphatic carbocycles. The summed E-state index contributed by atoms with van der Waals surface area (Å²) in [6, 6.07) is 19.7. The number of anilines is 1. The van der Waals surface area contributed by atoms with Crippen LogP contribution in [0.15, 0.2) is 72.1 Å². The van der Waals surface area contributed by atoms with Crippen molar-refractivity contribution in [1.82, 2.24) is 4.90 Å². The molecule has 1 saturated heterocycles. The summed E-state index contributed by atoms with van der Waals surface area (Å²) in [5, 5.41) is 0. The Labute approximate surface area is 249 Å². The number of halogens is 1. The van der Waals surface area contributed by atoms with Gasteiger partial charge < -0.3 is 28.7 Å². The van der Waals surface area contributed by atoms with Crippen molar-refractivity contribution in [3.8, 4) is 28.4 Å². The largest absolute Gasteiger partial charge is 0.493 e. The Morgan fingerprint density at radius 3 is 2.05 bits per heavy atom. The van der Waals surface area contributed by atoms with Crippen molar-refractivity contribution >= 4 is 5.69 Å². The number of hydrogen-bond acceptors (Lipinski definition) is 6. The predicted octanol–water partition coefficient (Wildman–Crippen LogP) is 7.81. The molecule has 2 fully saturated rings. The van der Waals surface area contributed by atoms with E-state index >= 15 is 0 Å². The number of hydrogen-bond donors (Lipinski definition) is 0. The summed E-state index contributed by atoms with van der Waals surface area (Å²) in [7, 11) is 4.86. The van der Waals surface area contributed by atoms with Gasteiger partial charge in [0.25, 0.3) is 0 Å². The van der Waals surface area contributed by atoms with Crippen molar-refractivity contribution in [1.29, 1.82) is 0 Å². The quantitative estimate of drug-likeness (QED) is 0.230. The summed E-state index contributed by atoms with van der Waals surface area (Å²) in [5.41, 5.74) is 5.45. The van der Waals surface area contributed by atoms with Crippen molar-refractivity contribution in [2.75, 3.05) is 39.3 Å². The molecule has 224 valence electrons. The van der Waals surface area contributed by atoms with Gasteiger partial charge in [-0.25, -0.2) is 4.39 Å². The number of ether oxygens (including phenoxy) is 4. The molecule has 1 heterocycles. The molecule has 0 spiro atoms. The zero-order valence-electron chi connectivity index (χ0n) is 25.7. The Hall–Kier alpha value is -3.87. The Balaban J connectivity index is 1.39. The van der Waals surface area contributed by atoms with E-state index < -0.39 is 0 Å². The predicted molar refractivity (Wildman–Crippen MR) is 166 cm³/mol. The number of nitrogens with zero attached hydrogens (tertiary/aromatic N) is 2. The summed E-state index contributed by atoms with van der Waals surface area (Å²) < 4.78 is 37.0. The maximum Gasteiger partial charge on any atom is 0.203 e. The maximum absolute atomic E-state index is 13.9. The van der Waals surface area contributed by atoms with Crippen molar-refractivity contribution < 1.29 is 23.3 Å². The third-order valence-corrected chi connectivity index (χ3v) is 7.83. The van der Waals surface area contributed by atoms with Crippen LogP contribution in [0.25, 0.3) is 11.1 Å². The Morgan fingerprint density at radius 2 is 1.50 bits per heavy atom. The molecule has 3 aromatic rings. The zero-order valence-corrected chi connectivity index (χ0v) is 25.7. The minimum absolute atomic E-state index is 0.217. The number of rotatable bonds is 10. The van der Waals surface area contributed by atoms with E-state index in [1.54, 1.807) is 33.5 Å². The molecule has 0 amide bonds. The molecular weight excluding hydrogens is 531 g/mol. The van der Waals surface area contributed by atoms with Crippen LogP contribution in [-0.4, -0.2) is 51.0 Å². The number of allylic oxidation sites excluding steroid dienone is 1. The van der Waals surface area contributed by atoms with Gasteiger partial charge in [0.2, 0.25) is 5.75 Å². The highest BCUT2D eigenvalue weighted by Crippen LogP contribution is 2.42. The van der Waals surface area contributed by atoms with Gasteiger partial charge in [-0.3, -0.25) is 0 Å². The van der Waals surface area contributed by atoms with Crippen molar-refractivity contribution in [3.63, 3.8) is 0 Å². The molecule has 0 radical (unpaired) electrons. The van der Waals surface area contributed by atoms with Crippen LogP contribution in [0.1, 0.15) is 52.0 Å². The van der Waals surface area contributed by atoms with Crippen molar-refractivity contribution in [3.05, 3.63) is 83.5 Å². The highest BCUT2D eigenvalue weighted by Gasteiger charge is 2.32. The first-order valence-electron chi connectivity index (χ1n) is 14.8. The van der Waals surface area contributed by atoms with E-state index in [2.05, 4.69) is 54.8 Å². The molecule has 0 atom stereocenters. The van der Waals surface area contributed by atoms with Crippen LogP contribution in [0.2, 0.25) is 0 Å². The molecule has 3 aromatic carbocycles. The topological polar surface area (TPSA) is 43.4 Å². The maximum atomic E-state index is 13.9. The van der Waals surface area contributed by atoms with Gasteiger partial charge in [0.15, 0.2) is 17.4 Å². The van der Waals surface area contributed by atoms with Crippen LogP contribution >= 0.6 is 0 Å². The minimum Gasteiger partial charge on any atom is -0.493 e. The standard InChI is InChI=1S/C35H43FN2O4/c1-35(2,3)42-34(25-10-11-25)37-18-16-30(17-19-37)38(29-14-12-28(36)13-15-29)23-24-8-7-9-26(20-24)27-21-31(39-4)33(41-6)32(22-27)40-5/h7-9,12-15,20-22,30H,10-11,16-19,23H2,1-6H3. The van der Waals surface area contributed by atoms with Gasteiger partial charge in [-0.05, 0) is 111 Å². The highest BCUT2D eigenvalue weighted by molar-refractivity contribution is 5.71. The Morgan fingerprint density at radius 1 is 0.857 bits per heavy atom. The molecule has 0 N–H and O–H groups in total. The van der Waals surface area contributed by atoms with Crippen LogP contribution in [0.4, 0.5) is 10.1 Å². The fourth-order valence-electron chi connectivity index (χ4n) is 5.66. The summed E-state index contributed by atoms with van der Waals surface area (Å²) in [6.07, 6.45) is 4.26. The van der Waals surface area contributed by atoms with E-state index in [1.165, 1.54) is 11.1 Å². The van der Waals surface area contributed by atoms with Crippen LogP contribution < -0.4 is 19.1 Å². The Bertz CT molecular complexity index is 1370. The number of piperidine rings is 1. The van der Waals surface area contributed by atoms with Gasteiger partial charge in [0.05, 0.1) is 21.3 Å². The zero-order chi connectivity index (χ0) is 29.9.